The molecule has 0 amide bonds. The molecule has 0 spiro atoms. The molecule has 0 unspecified atom stereocenters. The number of para-hydroxylation sites is 2. The molecule has 4 aromatic carbocycles. The van der Waals surface area contributed by atoms with Gasteiger partial charge in [0.05, 0.1) is 0 Å². The van der Waals surface area contributed by atoms with E-state index in [0.29, 0.717) is 0 Å². The Bertz CT molecular complexity index is 1480. The summed E-state index contributed by atoms with van der Waals surface area (Å²) in [6.07, 6.45) is 0. The van der Waals surface area contributed by atoms with E-state index in [-0.39, 0.29) is 20.1 Å². The minimum atomic E-state index is 0. The molecule has 0 atom stereocenters. The molecule has 161 valence electrons. The summed E-state index contributed by atoms with van der Waals surface area (Å²) >= 11 is 1.63. The molecule has 5 heteroatoms. The largest absolute Gasteiger partial charge is 0.293 e. The number of anilines is 3. The van der Waals surface area contributed by atoms with Crippen molar-refractivity contribution in [1.82, 2.24) is 10.2 Å². The van der Waals surface area contributed by atoms with Crippen molar-refractivity contribution < 1.29 is 20.1 Å². The summed E-state index contributed by atoms with van der Waals surface area (Å²) in [6, 6.07) is 38.8. The molecule has 6 rings (SSSR count). The minimum Gasteiger partial charge on any atom is -0.293 e. The Balaban J connectivity index is 0.00000228. The van der Waals surface area contributed by atoms with Crippen molar-refractivity contribution in [2.45, 2.75) is 0 Å². The summed E-state index contributed by atoms with van der Waals surface area (Å²) in [5.41, 5.74) is 2.95. The summed E-state index contributed by atoms with van der Waals surface area (Å²) in [5, 5.41) is 16.0. The first-order valence-electron chi connectivity index (χ1n) is 10.4. The maximum atomic E-state index is 4.79. The van der Waals surface area contributed by atoms with Gasteiger partial charge in [-0.05, 0) is 46.5 Å². The van der Waals surface area contributed by atoms with Gasteiger partial charge in [-0.15, -0.1) is 10.5 Å². The molecule has 0 aliphatic carbocycles. The third-order valence-corrected chi connectivity index (χ3v) is 6.37. The van der Waals surface area contributed by atoms with Crippen LogP contribution in [0.25, 0.3) is 32.1 Å². The normalized spacial score (nSPS) is 10.8. The van der Waals surface area contributed by atoms with E-state index < -0.39 is 0 Å². The first kappa shape index (κ1) is 21.5. The molecule has 6 aromatic rings. The smallest absolute Gasteiger partial charge is 0.165 e. The van der Waals surface area contributed by atoms with Crippen LogP contribution in [0.2, 0.25) is 0 Å². The predicted octanol–water partition coefficient (Wildman–Crippen LogP) is 7.78. The van der Waals surface area contributed by atoms with E-state index >= 15 is 0 Å². The number of hydrogen-bond donors (Lipinski definition) is 0. The van der Waals surface area contributed by atoms with Gasteiger partial charge in [-0.2, -0.15) is 12.1 Å². The number of rotatable bonds is 4. The van der Waals surface area contributed by atoms with E-state index in [0.717, 1.165) is 38.5 Å². The van der Waals surface area contributed by atoms with Gasteiger partial charge >= 0.3 is 0 Å². The monoisotopic (exact) mass is 621 g/mol. The van der Waals surface area contributed by atoms with E-state index in [1.54, 1.807) is 11.3 Å². The van der Waals surface area contributed by atoms with Crippen LogP contribution < -0.4 is 4.90 Å². The predicted molar refractivity (Wildman–Crippen MR) is 134 cm³/mol. The van der Waals surface area contributed by atoms with Gasteiger partial charge in [0.15, 0.2) is 5.82 Å². The van der Waals surface area contributed by atoms with Gasteiger partial charge < -0.3 is 0 Å². The number of benzene rings is 4. The Morgan fingerprint density at radius 3 is 1.82 bits per heavy atom. The Morgan fingerprint density at radius 1 is 0.667 bits per heavy atom. The second-order valence-electron chi connectivity index (χ2n) is 7.52. The van der Waals surface area contributed by atoms with Crippen LogP contribution in [-0.2, 0) is 20.1 Å². The van der Waals surface area contributed by atoms with Crippen molar-refractivity contribution in [3.63, 3.8) is 0 Å². The van der Waals surface area contributed by atoms with Crippen LogP contribution in [0.1, 0.15) is 0 Å². The van der Waals surface area contributed by atoms with E-state index in [1.807, 2.05) is 47.8 Å². The van der Waals surface area contributed by atoms with Crippen LogP contribution in [0.3, 0.4) is 0 Å². The van der Waals surface area contributed by atoms with Crippen molar-refractivity contribution in [3.8, 4) is 10.6 Å². The number of hydrogen-bond acceptors (Lipinski definition) is 4. The molecule has 0 aliphatic heterocycles. The van der Waals surface area contributed by atoms with Crippen LogP contribution in [0.4, 0.5) is 17.2 Å². The van der Waals surface area contributed by atoms with E-state index in [1.165, 1.54) is 10.8 Å². The van der Waals surface area contributed by atoms with Gasteiger partial charge in [0.2, 0.25) is 0 Å². The summed E-state index contributed by atoms with van der Waals surface area (Å²) in [6.45, 7) is 0. The molecule has 2 aromatic heterocycles. The third-order valence-electron chi connectivity index (χ3n) is 5.55. The fraction of sp³-hybridized carbons (Fsp3) is 0. The Labute approximate surface area is 209 Å². The molecular formula is C28H18IrN3S-. The average molecular weight is 621 g/mol. The van der Waals surface area contributed by atoms with E-state index in [9.17, 15) is 0 Å². The first-order valence-corrected chi connectivity index (χ1v) is 11.3. The van der Waals surface area contributed by atoms with Crippen molar-refractivity contribution >= 4 is 50.1 Å². The molecule has 0 N–H and O–H groups in total. The van der Waals surface area contributed by atoms with Crippen molar-refractivity contribution in [3.05, 3.63) is 115 Å². The van der Waals surface area contributed by atoms with Gasteiger partial charge in [0.1, 0.15) is 0 Å². The standard InChI is InChI=1S/C28H18N3S.Ir/c1-3-12-22(13-4-1)31(23-14-5-2-6-15-23)28-25-19-21-11-8-7-10-20(21)18-24(25)27(29-30-28)26-16-9-17-32-26;/h1-15,17-19H;/q-1;. The van der Waals surface area contributed by atoms with Crippen LogP contribution >= 0.6 is 11.3 Å². The molecule has 0 bridgehead atoms. The van der Waals surface area contributed by atoms with Crippen LogP contribution in [0, 0.1) is 6.07 Å². The summed E-state index contributed by atoms with van der Waals surface area (Å²) in [4.78, 5) is 3.17. The SMILES string of the molecule is [Ir].[c-]1ccsc1-c1nnc(N(c2ccccc2)c2ccccc2)c2cc3ccccc3cc12. The topological polar surface area (TPSA) is 29.0 Å². The Hall–Kier alpha value is -3.37. The Kier molecular flexibility index (Phi) is 6.01. The zero-order valence-corrected chi connectivity index (χ0v) is 20.7. The van der Waals surface area contributed by atoms with Crippen molar-refractivity contribution in [2.24, 2.45) is 0 Å². The second-order valence-corrected chi connectivity index (χ2v) is 8.43. The zero-order valence-electron chi connectivity index (χ0n) is 17.5. The average Bonchev–Trinajstić information content (AvgIpc) is 3.39. The van der Waals surface area contributed by atoms with Crippen LogP contribution in [0.15, 0.2) is 109 Å². The maximum absolute atomic E-state index is 4.79. The molecule has 0 fully saturated rings. The van der Waals surface area contributed by atoms with Crippen molar-refractivity contribution in [2.75, 3.05) is 4.90 Å². The summed E-state index contributed by atoms with van der Waals surface area (Å²) in [7, 11) is 0. The molecule has 1 radical (unpaired) electrons. The fourth-order valence-corrected chi connectivity index (χ4v) is 4.75. The quantitative estimate of drug-likeness (QED) is 0.149. The number of aromatic nitrogens is 2. The van der Waals surface area contributed by atoms with Gasteiger partial charge in [0, 0.05) is 42.6 Å². The minimum absolute atomic E-state index is 0. The fourth-order valence-electron chi connectivity index (χ4n) is 4.08. The summed E-state index contributed by atoms with van der Waals surface area (Å²) in [5.74, 6) is 0.809. The van der Waals surface area contributed by atoms with Crippen molar-refractivity contribution in [1.29, 1.82) is 0 Å². The number of fused-ring (bicyclic) bond motifs is 2. The zero-order chi connectivity index (χ0) is 21.3. The summed E-state index contributed by atoms with van der Waals surface area (Å²) < 4.78 is 0. The van der Waals surface area contributed by atoms with Gasteiger partial charge in [-0.3, -0.25) is 4.90 Å². The molecule has 0 saturated heterocycles. The number of thiophene rings is 1. The van der Waals surface area contributed by atoms with E-state index in [2.05, 4.69) is 71.6 Å². The molecule has 0 aliphatic rings. The first-order chi connectivity index (χ1) is 15.9. The van der Waals surface area contributed by atoms with Gasteiger partial charge in [-0.25, -0.2) is 16.4 Å². The second kappa shape index (κ2) is 9.24. The molecule has 0 saturated carbocycles. The van der Waals surface area contributed by atoms with E-state index in [4.69, 9.17) is 10.2 Å². The van der Waals surface area contributed by atoms with Gasteiger partial charge in [0.25, 0.3) is 0 Å². The van der Waals surface area contributed by atoms with Crippen LogP contribution in [-0.4, -0.2) is 10.2 Å². The van der Waals surface area contributed by atoms with Gasteiger partial charge in [-0.1, -0.05) is 71.6 Å². The van der Waals surface area contributed by atoms with Crippen LogP contribution in [0.5, 0.6) is 0 Å². The Morgan fingerprint density at radius 2 is 1.24 bits per heavy atom. The molecule has 33 heavy (non-hydrogen) atoms. The number of nitrogens with zero attached hydrogens (tertiary/aromatic N) is 3. The molecular weight excluding hydrogens is 603 g/mol. The molecule has 2 heterocycles. The molecule has 3 nitrogen and oxygen atoms in total. The maximum Gasteiger partial charge on any atom is 0.165 e. The third kappa shape index (κ3) is 3.96.